The van der Waals surface area contributed by atoms with Crippen molar-refractivity contribution in [2.45, 2.75) is 12.3 Å². The van der Waals surface area contributed by atoms with Crippen molar-refractivity contribution in [2.24, 2.45) is 0 Å². The van der Waals surface area contributed by atoms with Crippen LogP contribution >= 0.6 is 27.3 Å². The Labute approximate surface area is 95.8 Å². The molecule has 0 amide bonds. The molecule has 0 radical (unpaired) electrons. The minimum Gasteiger partial charge on any atom is -0.496 e. The van der Waals surface area contributed by atoms with Gasteiger partial charge in [-0.2, -0.15) is 0 Å². The predicted octanol–water partition coefficient (Wildman–Crippen LogP) is 4.11. The number of benzene rings is 1. The first-order valence-electron chi connectivity index (χ1n) is 4.37. The van der Waals surface area contributed by atoms with Gasteiger partial charge >= 0.3 is 0 Å². The summed E-state index contributed by atoms with van der Waals surface area (Å²) >= 11 is 5.28. The second-order valence-corrected chi connectivity index (χ2v) is 4.95. The van der Waals surface area contributed by atoms with E-state index < -0.39 is 0 Å². The average molecular weight is 271 g/mol. The number of hydrogen-bond acceptors (Lipinski definition) is 2. The normalized spacial score (nSPS) is 10.8. The van der Waals surface area contributed by atoms with Crippen LogP contribution in [0.3, 0.4) is 0 Å². The average Bonchev–Trinajstić information content (AvgIpc) is 2.59. The Balaban J connectivity index is 2.71. The SMILES string of the molecule is COc1cc(C)cc2sc(CBr)cc12. The van der Waals surface area contributed by atoms with Crippen LogP contribution in [0.2, 0.25) is 0 Å². The van der Waals surface area contributed by atoms with Crippen LogP contribution in [0, 0.1) is 6.92 Å². The molecule has 0 fully saturated rings. The summed E-state index contributed by atoms with van der Waals surface area (Å²) in [4.78, 5) is 1.34. The number of ether oxygens (including phenoxy) is 1. The van der Waals surface area contributed by atoms with Crippen LogP contribution < -0.4 is 4.74 Å². The summed E-state index contributed by atoms with van der Waals surface area (Å²) < 4.78 is 6.66. The van der Waals surface area contributed by atoms with Gasteiger partial charge in [0, 0.05) is 20.3 Å². The topological polar surface area (TPSA) is 9.23 Å². The van der Waals surface area contributed by atoms with Gasteiger partial charge in [-0.1, -0.05) is 15.9 Å². The lowest BCUT2D eigenvalue weighted by Gasteiger charge is -2.02. The molecule has 74 valence electrons. The zero-order valence-corrected chi connectivity index (χ0v) is 10.5. The maximum absolute atomic E-state index is 5.36. The molecule has 0 bridgehead atoms. The Morgan fingerprint density at radius 2 is 2.14 bits per heavy atom. The maximum atomic E-state index is 5.36. The molecular formula is C11H11BrOS. The fraction of sp³-hybridized carbons (Fsp3) is 0.273. The molecule has 1 aromatic carbocycles. The summed E-state index contributed by atoms with van der Waals surface area (Å²) in [6, 6.07) is 6.47. The van der Waals surface area contributed by atoms with Crippen molar-refractivity contribution in [3.8, 4) is 5.75 Å². The first-order chi connectivity index (χ1) is 6.74. The first kappa shape index (κ1) is 9.99. The summed E-state index contributed by atoms with van der Waals surface area (Å²) in [5.74, 6) is 0.975. The Morgan fingerprint density at radius 3 is 2.79 bits per heavy atom. The molecule has 2 aromatic rings. The molecule has 2 rings (SSSR count). The third kappa shape index (κ3) is 1.66. The molecule has 1 heterocycles. The van der Waals surface area contributed by atoms with Crippen LogP contribution in [0.15, 0.2) is 18.2 Å². The van der Waals surface area contributed by atoms with E-state index in [-0.39, 0.29) is 0 Å². The maximum Gasteiger partial charge on any atom is 0.127 e. The highest BCUT2D eigenvalue weighted by atomic mass is 79.9. The molecule has 0 atom stereocenters. The Hall–Kier alpha value is -0.540. The summed E-state index contributed by atoms with van der Waals surface area (Å²) in [6.07, 6.45) is 0. The van der Waals surface area contributed by atoms with Gasteiger partial charge in [0.05, 0.1) is 7.11 Å². The molecule has 3 heteroatoms. The van der Waals surface area contributed by atoms with Gasteiger partial charge in [-0.25, -0.2) is 0 Å². The zero-order valence-electron chi connectivity index (χ0n) is 8.13. The van der Waals surface area contributed by atoms with Crippen molar-refractivity contribution in [1.82, 2.24) is 0 Å². The molecule has 1 nitrogen and oxygen atoms in total. The van der Waals surface area contributed by atoms with Gasteiger partial charge in [-0.3, -0.25) is 0 Å². The standard InChI is InChI=1S/C11H11BrOS/c1-7-3-10(13-2)9-5-8(6-12)14-11(9)4-7/h3-5H,6H2,1-2H3. The van der Waals surface area contributed by atoms with Gasteiger partial charge in [0.2, 0.25) is 0 Å². The van der Waals surface area contributed by atoms with Crippen molar-refractivity contribution in [3.63, 3.8) is 0 Å². The second-order valence-electron chi connectivity index (χ2n) is 3.23. The largest absolute Gasteiger partial charge is 0.496 e. The van der Waals surface area contributed by atoms with Crippen molar-refractivity contribution in [2.75, 3.05) is 7.11 Å². The van der Waals surface area contributed by atoms with Gasteiger partial charge in [-0.05, 0) is 30.7 Å². The lowest BCUT2D eigenvalue weighted by Crippen LogP contribution is -1.83. The Bertz CT molecular complexity index is 462. The highest BCUT2D eigenvalue weighted by Crippen LogP contribution is 2.34. The van der Waals surface area contributed by atoms with Crippen molar-refractivity contribution in [1.29, 1.82) is 0 Å². The number of hydrogen-bond donors (Lipinski definition) is 0. The molecule has 0 N–H and O–H groups in total. The molecule has 0 saturated carbocycles. The molecule has 0 spiro atoms. The lowest BCUT2D eigenvalue weighted by atomic mass is 10.2. The van der Waals surface area contributed by atoms with Crippen LogP contribution in [0.5, 0.6) is 5.75 Å². The second kappa shape index (κ2) is 3.91. The van der Waals surface area contributed by atoms with E-state index in [1.807, 2.05) is 11.3 Å². The van der Waals surface area contributed by atoms with Crippen molar-refractivity contribution < 1.29 is 4.74 Å². The number of halogens is 1. The third-order valence-electron chi connectivity index (χ3n) is 2.15. The van der Waals surface area contributed by atoms with Crippen molar-refractivity contribution in [3.05, 3.63) is 28.6 Å². The predicted molar refractivity (Wildman–Crippen MR) is 65.7 cm³/mol. The Morgan fingerprint density at radius 1 is 1.36 bits per heavy atom. The van der Waals surface area contributed by atoms with Gasteiger partial charge in [0.15, 0.2) is 0 Å². The zero-order chi connectivity index (χ0) is 10.1. The van der Waals surface area contributed by atoms with Crippen LogP contribution in [0.1, 0.15) is 10.4 Å². The fourth-order valence-corrected chi connectivity index (χ4v) is 3.06. The minimum atomic E-state index is 0.911. The number of methoxy groups -OCH3 is 1. The number of rotatable bonds is 2. The lowest BCUT2D eigenvalue weighted by molar-refractivity contribution is 0.419. The number of alkyl halides is 1. The Kier molecular flexibility index (Phi) is 2.79. The van der Waals surface area contributed by atoms with E-state index in [9.17, 15) is 0 Å². The summed E-state index contributed by atoms with van der Waals surface area (Å²) in [5.41, 5.74) is 1.25. The van der Waals surface area contributed by atoms with E-state index in [0.29, 0.717) is 0 Å². The van der Waals surface area contributed by atoms with E-state index >= 15 is 0 Å². The summed E-state index contributed by atoms with van der Waals surface area (Å²) in [6.45, 7) is 2.09. The molecule has 0 unspecified atom stereocenters. The highest BCUT2D eigenvalue weighted by Gasteiger charge is 2.06. The first-order valence-corrected chi connectivity index (χ1v) is 6.31. The van der Waals surface area contributed by atoms with Crippen LogP contribution in [0.25, 0.3) is 10.1 Å². The number of thiophene rings is 1. The monoisotopic (exact) mass is 270 g/mol. The fourth-order valence-electron chi connectivity index (χ4n) is 1.53. The molecule has 14 heavy (non-hydrogen) atoms. The van der Waals surface area contributed by atoms with E-state index in [1.54, 1.807) is 7.11 Å². The van der Waals surface area contributed by atoms with E-state index in [4.69, 9.17) is 4.74 Å². The van der Waals surface area contributed by atoms with Gasteiger partial charge < -0.3 is 4.74 Å². The summed E-state index contributed by atoms with van der Waals surface area (Å²) in [5, 5.41) is 2.13. The van der Waals surface area contributed by atoms with Crippen LogP contribution in [-0.2, 0) is 5.33 Å². The quantitative estimate of drug-likeness (QED) is 0.747. The highest BCUT2D eigenvalue weighted by molar-refractivity contribution is 9.08. The van der Waals surface area contributed by atoms with Crippen LogP contribution in [0.4, 0.5) is 0 Å². The summed E-state index contributed by atoms with van der Waals surface area (Å²) in [7, 11) is 1.72. The van der Waals surface area contributed by atoms with E-state index in [2.05, 4.69) is 41.1 Å². The van der Waals surface area contributed by atoms with Gasteiger partial charge in [-0.15, -0.1) is 11.3 Å². The smallest absolute Gasteiger partial charge is 0.127 e. The van der Waals surface area contributed by atoms with E-state index in [1.165, 1.54) is 20.5 Å². The van der Waals surface area contributed by atoms with Crippen molar-refractivity contribution >= 4 is 37.4 Å². The molecular weight excluding hydrogens is 260 g/mol. The van der Waals surface area contributed by atoms with Gasteiger partial charge in [0.1, 0.15) is 5.75 Å². The minimum absolute atomic E-state index is 0.911. The molecule has 0 aliphatic carbocycles. The van der Waals surface area contributed by atoms with Crippen LogP contribution in [-0.4, -0.2) is 7.11 Å². The molecule has 0 aliphatic heterocycles. The third-order valence-corrected chi connectivity index (χ3v) is 4.20. The van der Waals surface area contributed by atoms with Gasteiger partial charge in [0.25, 0.3) is 0 Å². The number of aryl methyl sites for hydroxylation is 1. The molecule has 0 aliphatic rings. The van der Waals surface area contributed by atoms with E-state index in [0.717, 1.165) is 11.1 Å². The molecule has 0 saturated heterocycles. The molecule has 1 aromatic heterocycles. The number of fused-ring (bicyclic) bond motifs is 1.